The number of nitrogens with zero attached hydrogens (tertiary/aromatic N) is 5. The Kier molecular flexibility index (Phi) is 5.20. The first kappa shape index (κ1) is 16.6. The van der Waals surface area contributed by atoms with Crippen molar-refractivity contribution in [3.05, 3.63) is 41.7 Å². The van der Waals surface area contributed by atoms with Crippen LogP contribution in [0.3, 0.4) is 0 Å². The minimum absolute atomic E-state index is 0.153. The van der Waals surface area contributed by atoms with E-state index < -0.39 is 0 Å². The van der Waals surface area contributed by atoms with Crippen molar-refractivity contribution in [2.75, 3.05) is 19.7 Å². The summed E-state index contributed by atoms with van der Waals surface area (Å²) in [6.07, 6.45) is 4.71. The van der Waals surface area contributed by atoms with Gasteiger partial charge in [-0.05, 0) is 32.4 Å². The summed E-state index contributed by atoms with van der Waals surface area (Å²) in [5.41, 5.74) is 1.84. The molecular weight excluding hydrogens is 306 g/mol. The molecule has 1 aliphatic rings. The Morgan fingerprint density at radius 2 is 2.12 bits per heavy atom. The Morgan fingerprint density at radius 3 is 2.83 bits per heavy atom. The van der Waals surface area contributed by atoms with Crippen LogP contribution in [0.5, 0.6) is 0 Å². The fourth-order valence-corrected chi connectivity index (χ4v) is 2.91. The highest BCUT2D eigenvalue weighted by Gasteiger charge is 2.27. The van der Waals surface area contributed by atoms with Crippen molar-refractivity contribution in [3.8, 4) is 0 Å². The molecule has 0 aliphatic carbocycles. The minimum Gasteiger partial charge on any atom is -0.367 e. The lowest BCUT2D eigenvalue weighted by Crippen LogP contribution is -2.42. The number of hydrogen-bond acceptors (Lipinski definition) is 5. The topological polar surface area (TPSA) is 73.1 Å². The SMILES string of the molecule is Cc1cc(C)nc([C@H]2CN(C(=O)CCCn3cccn3)CCO2)n1. The summed E-state index contributed by atoms with van der Waals surface area (Å²) in [6, 6.07) is 3.82. The Bertz CT molecular complexity index is 666. The Balaban J connectivity index is 1.55. The second-order valence-electron chi connectivity index (χ2n) is 6.08. The monoisotopic (exact) mass is 329 g/mol. The Hall–Kier alpha value is -2.28. The lowest BCUT2D eigenvalue weighted by molar-refractivity contribution is -0.139. The number of rotatable bonds is 5. The van der Waals surface area contributed by atoms with E-state index in [2.05, 4.69) is 15.1 Å². The van der Waals surface area contributed by atoms with E-state index in [0.29, 0.717) is 31.9 Å². The van der Waals surface area contributed by atoms with Crippen LogP contribution in [0.2, 0.25) is 0 Å². The summed E-state index contributed by atoms with van der Waals surface area (Å²) in [4.78, 5) is 23.2. The van der Waals surface area contributed by atoms with E-state index in [1.165, 1.54) is 0 Å². The molecule has 1 amide bonds. The zero-order valence-corrected chi connectivity index (χ0v) is 14.2. The van der Waals surface area contributed by atoms with Crippen molar-refractivity contribution in [1.82, 2.24) is 24.6 Å². The molecule has 3 rings (SSSR count). The summed E-state index contributed by atoms with van der Waals surface area (Å²) in [5, 5.41) is 4.15. The van der Waals surface area contributed by atoms with Gasteiger partial charge in [0.1, 0.15) is 6.10 Å². The van der Waals surface area contributed by atoms with Gasteiger partial charge < -0.3 is 9.64 Å². The molecule has 3 heterocycles. The zero-order chi connectivity index (χ0) is 16.9. The quantitative estimate of drug-likeness (QED) is 0.834. The van der Waals surface area contributed by atoms with E-state index in [9.17, 15) is 4.79 Å². The van der Waals surface area contributed by atoms with E-state index in [1.54, 1.807) is 6.20 Å². The first-order valence-electron chi connectivity index (χ1n) is 8.31. The lowest BCUT2D eigenvalue weighted by Gasteiger charge is -2.32. The van der Waals surface area contributed by atoms with Gasteiger partial charge in [-0.1, -0.05) is 0 Å². The average molecular weight is 329 g/mol. The van der Waals surface area contributed by atoms with Crippen LogP contribution < -0.4 is 0 Å². The number of aromatic nitrogens is 4. The number of amides is 1. The fraction of sp³-hybridized carbons (Fsp3) is 0.529. The molecule has 1 aliphatic heterocycles. The number of aryl methyl sites for hydroxylation is 3. The third kappa shape index (κ3) is 4.17. The molecule has 7 heteroatoms. The maximum atomic E-state index is 12.4. The number of morpholine rings is 1. The summed E-state index contributed by atoms with van der Waals surface area (Å²) < 4.78 is 7.63. The van der Waals surface area contributed by atoms with Crippen molar-refractivity contribution in [3.63, 3.8) is 0 Å². The molecule has 1 saturated heterocycles. The predicted octanol–water partition coefficient (Wildman–Crippen LogP) is 1.67. The number of carbonyl (C=O) groups excluding carboxylic acids is 1. The number of ether oxygens (including phenoxy) is 1. The molecule has 1 atom stereocenters. The zero-order valence-electron chi connectivity index (χ0n) is 14.2. The van der Waals surface area contributed by atoms with Gasteiger partial charge in [0, 0.05) is 43.3 Å². The van der Waals surface area contributed by atoms with Crippen LogP contribution in [0.15, 0.2) is 24.5 Å². The van der Waals surface area contributed by atoms with Crippen molar-refractivity contribution < 1.29 is 9.53 Å². The fourth-order valence-electron chi connectivity index (χ4n) is 2.91. The van der Waals surface area contributed by atoms with E-state index in [1.807, 2.05) is 41.8 Å². The van der Waals surface area contributed by atoms with Gasteiger partial charge in [-0.15, -0.1) is 0 Å². The van der Waals surface area contributed by atoms with Gasteiger partial charge in [0.25, 0.3) is 0 Å². The highest BCUT2D eigenvalue weighted by Crippen LogP contribution is 2.20. The molecule has 2 aromatic rings. The lowest BCUT2D eigenvalue weighted by atomic mass is 10.2. The van der Waals surface area contributed by atoms with Crippen LogP contribution >= 0.6 is 0 Å². The molecule has 24 heavy (non-hydrogen) atoms. The van der Waals surface area contributed by atoms with Gasteiger partial charge in [0.2, 0.25) is 5.91 Å². The van der Waals surface area contributed by atoms with Crippen LogP contribution in [0.4, 0.5) is 0 Å². The standard InChI is InChI=1S/C17H23N5O2/c1-13-11-14(2)20-17(19-13)15-12-21(9-10-24-15)16(23)5-3-7-22-8-4-6-18-22/h4,6,8,11,15H,3,5,7,9-10,12H2,1-2H3/t15-/m1/s1. The third-order valence-corrected chi connectivity index (χ3v) is 4.04. The predicted molar refractivity (Wildman–Crippen MR) is 88.2 cm³/mol. The smallest absolute Gasteiger partial charge is 0.222 e. The molecule has 0 N–H and O–H groups in total. The normalized spacial score (nSPS) is 17.9. The summed E-state index contributed by atoms with van der Waals surface area (Å²) in [5.74, 6) is 0.821. The van der Waals surface area contributed by atoms with E-state index in [4.69, 9.17) is 4.74 Å². The molecule has 0 spiro atoms. The number of carbonyl (C=O) groups is 1. The Morgan fingerprint density at radius 1 is 1.33 bits per heavy atom. The maximum Gasteiger partial charge on any atom is 0.222 e. The highest BCUT2D eigenvalue weighted by molar-refractivity contribution is 5.76. The van der Waals surface area contributed by atoms with E-state index >= 15 is 0 Å². The van der Waals surface area contributed by atoms with Crippen LogP contribution in [-0.2, 0) is 16.1 Å². The molecule has 7 nitrogen and oxygen atoms in total. The maximum absolute atomic E-state index is 12.4. The average Bonchev–Trinajstić information content (AvgIpc) is 3.07. The Labute approximate surface area is 141 Å². The summed E-state index contributed by atoms with van der Waals surface area (Å²) >= 11 is 0. The molecule has 1 fully saturated rings. The first-order chi connectivity index (χ1) is 11.6. The number of hydrogen-bond donors (Lipinski definition) is 0. The molecule has 0 saturated carbocycles. The first-order valence-corrected chi connectivity index (χ1v) is 8.31. The van der Waals surface area contributed by atoms with Gasteiger partial charge in [0.15, 0.2) is 5.82 Å². The molecule has 0 unspecified atom stereocenters. The summed E-state index contributed by atoms with van der Waals surface area (Å²) in [6.45, 7) is 6.31. The van der Waals surface area contributed by atoms with Crippen LogP contribution in [0.1, 0.15) is 36.2 Å². The van der Waals surface area contributed by atoms with Gasteiger partial charge in [-0.25, -0.2) is 9.97 Å². The van der Waals surface area contributed by atoms with Gasteiger partial charge in [0.05, 0.1) is 13.2 Å². The van der Waals surface area contributed by atoms with Crippen molar-refractivity contribution in [1.29, 1.82) is 0 Å². The second kappa shape index (κ2) is 7.53. The molecule has 0 aromatic carbocycles. The highest BCUT2D eigenvalue weighted by atomic mass is 16.5. The van der Waals surface area contributed by atoms with Crippen molar-refractivity contribution >= 4 is 5.91 Å². The van der Waals surface area contributed by atoms with Crippen LogP contribution in [0, 0.1) is 13.8 Å². The van der Waals surface area contributed by atoms with Gasteiger partial charge in [-0.2, -0.15) is 5.10 Å². The van der Waals surface area contributed by atoms with E-state index in [0.717, 1.165) is 24.4 Å². The van der Waals surface area contributed by atoms with Gasteiger partial charge in [-0.3, -0.25) is 9.48 Å². The molecule has 128 valence electrons. The molecule has 0 radical (unpaired) electrons. The van der Waals surface area contributed by atoms with Crippen LogP contribution in [-0.4, -0.2) is 50.3 Å². The minimum atomic E-state index is -0.243. The van der Waals surface area contributed by atoms with Gasteiger partial charge >= 0.3 is 0 Å². The third-order valence-electron chi connectivity index (χ3n) is 4.04. The van der Waals surface area contributed by atoms with Crippen molar-refractivity contribution in [2.45, 2.75) is 39.3 Å². The second-order valence-corrected chi connectivity index (χ2v) is 6.08. The molecule has 2 aromatic heterocycles. The summed E-state index contributed by atoms with van der Waals surface area (Å²) in [7, 11) is 0. The van der Waals surface area contributed by atoms with Crippen molar-refractivity contribution in [2.24, 2.45) is 0 Å². The molecular formula is C17H23N5O2. The van der Waals surface area contributed by atoms with E-state index in [-0.39, 0.29) is 12.0 Å². The van der Waals surface area contributed by atoms with Crippen LogP contribution in [0.25, 0.3) is 0 Å². The molecule has 0 bridgehead atoms. The largest absolute Gasteiger partial charge is 0.367 e.